The van der Waals surface area contributed by atoms with Gasteiger partial charge in [0, 0.05) is 31.0 Å². The van der Waals surface area contributed by atoms with Crippen molar-refractivity contribution in [3.8, 4) is 11.5 Å². The highest BCUT2D eigenvalue weighted by molar-refractivity contribution is 6.31. The van der Waals surface area contributed by atoms with Gasteiger partial charge in [-0.1, -0.05) is 80.0 Å². The van der Waals surface area contributed by atoms with Gasteiger partial charge in [-0.2, -0.15) is 0 Å². The Bertz CT molecular complexity index is 1230. The third-order valence-corrected chi connectivity index (χ3v) is 6.86. The minimum Gasteiger partial charge on any atom is -0.486 e. The molecule has 6 nitrogen and oxygen atoms in total. The Morgan fingerprint density at radius 1 is 0.921 bits per heavy atom. The van der Waals surface area contributed by atoms with Gasteiger partial charge >= 0.3 is 0 Å². The van der Waals surface area contributed by atoms with Gasteiger partial charge in [0.2, 0.25) is 11.8 Å². The summed E-state index contributed by atoms with van der Waals surface area (Å²) in [6, 6.07) is 22.3. The average Bonchev–Trinajstić information content (AvgIpc) is 2.93. The molecule has 0 spiro atoms. The fraction of sp³-hybridized carbons (Fsp3) is 0.355. The van der Waals surface area contributed by atoms with Crippen molar-refractivity contribution in [1.29, 1.82) is 0 Å². The van der Waals surface area contributed by atoms with Gasteiger partial charge in [0.05, 0.1) is 0 Å². The summed E-state index contributed by atoms with van der Waals surface area (Å²) in [4.78, 5) is 29.1. The lowest BCUT2D eigenvalue weighted by molar-refractivity contribution is -0.141. The minimum absolute atomic E-state index is 0.111. The number of carbonyl (C=O) groups is 2. The highest BCUT2D eigenvalue weighted by Crippen LogP contribution is 2.31. The Kier molecular flexibility index (Phi) is 9.66. The predicted molar refractivity (Wildman–Crippen MR) is 150 cm³/mol. The SMILES string of the molecule is CC(C)CNC(=O)C(Cc1ccccc1)N(Cc1ccccc1Cl)C(=O)CCc1ccc2c(c1)OCCO2. The largest absolute Gasteiger partial charge is 0.486 e. The van der Waals surface area contributed by atoms with Crippen LogP contribution in [0.4, 0.5) is 0 Å². The van der Waals surface area contributed by atoms with Crippen molar-refractivity contribution in [3.05, 3.63) is 94.5 Å². The normalized spacial score (nSPS) is 13.2. The van der Waals surface area contributed by atoms with E-state index < -0.39 is 6.04 Å². The van der Waals surface area contributed by atoms with Crippen LogP contribution >= 0.6 is 11.6 Å². The Morgan fingerprint density at radius 3 is 2.37 bits per heavy atom. The number of nitrogens with one attached hydrogen (secondary N) is 1. The zero-order valence-corrected chi connectivity index (χ0v) is 22.7. The number of rotatable bonds is 11. The second kappa shape index (κ2) is 13.3. The first-order valence-corrected chi connectivity index (χ1v) is 13.5. The Labute approximate surface area is 229 Å². The molecule has 1 aliphatic heterocycles. The molecule has 4 rings (SSSR count). The van der Waals surface area contributed by atoms with Gasteiger partial charge in [-0.15, -0.1) is 0 Å². The zero-order valence-electron chi connectivity index (χ0n) is 22.0. The van der Waals surface area contributed by atoms with Gasteiger partial charge in [-0.3, -0.25) is 9.59 Å². The molecule has 0 saturated heterocycles. The lowest BCUT2D eigenvalue weighted by Gasteiger charge is -2.32. The van der Waals surface area contributed by atoms with Crippen LogP contribution in [0.2, 0.25) is 5.02 Å². The standard InChI is InChI=1S/C31H35ClN2O4/c1-22(2)20-33-31(36)27(18-23-8-4-3-5-9-23)34(21-25-10-6-7-11-26(25)32)30(35)15-13-24-12-14-28-29(19-24)38-17-16-37-28/h3-12,14,19,22,27H,13,15-18,20-21H2,1-2H3,(H,33,36). The number of fused-ring (bicyclic) bond motifs is 1. The molecule has 2 amide bonds. The molecule has 0 bridgehead atoms. The molecule has 0 fully saturated rings. The van der Waals surface area contributed by atoms with Gasteiger partial charge in [-0.05, 0) is 47.2 Å². The molecule has 0 saturated carbocycles. The number of halogens is 1. The number of aryl methyl sites for hydroxylation is 1. The van der Waals surface area contributed by atoms with E-state index in [2.05, 4.69) is 5.32 Å². The van der Waals surface area contributed by atoms with Crippen LogP contribution in [-0.2, 0) is 29.0 Å². The van der Waals surface area contributed by atoms with Crippen LogP contribution in [-0.4, -0.2) is 42.5 Å². The quantitative estimate of drug-likeness (QED) is 0.355. The number of nitrogens with zero attached hydrogens (tertiary/aromatic N) is 1. The summed E-state index contributed by atoms with van der Waals surface area (Å²) in [7, 11) is 0. The Hall–Kier alpha value is -3.51. The summed E-state index contributed by atoms with van der Waals surface area (Å²) >= 11 is 6.50. The van der Waals surface area contributed by atoms with E-state index in [0.717, 1.165) is 22.4 Å². The molecule has 0 radical (unpaired) electrons. The Morgan fingerprint density at radius 2 is 1.63 bits per heavy atom. The molecule has 1 N–H and O–H groups in total. The topological polar surface area (TPSA) is 67.9 Å². The van der Waals surface area contributed by atoms with Crippen molar-refractivity contribution in [2.75, 3.05) is 19.8 Å². The second-order valence-electron chi connectivity index (χ2n) is 9.94. The number of amides is 2. The van der Waals surface area contributed by atoms with E-state index in [1.807, 2.05) is 80.6 Å². The molecule has 0 aromatic heterocycles. The maximum Gasteiger partial charge on any atom is 0.243 e. The van der Waals surface area contributed by atoms with E-state index in [0.29, 0.717) is 49.3 Å². The summed E-state index contributed by atoms with van der Waals surface area (Å²) < 4.78 is 11.3. The number of carbonyl (C=O) groups excluding carboxylic acids is 2. The van der Waals surface area contributed by atoms with E-state index in [1.54, 1.807) is 11.0 Å². The van der Waals surface area contributed by atoms with Crippen LogP contribution < -0.4 is 14.8 Å². The van der Waals surface area contributed by atoms with Gasteiger partial charge in [-0.25, -0.2) is 0 Å². The molecule has 1 atom stereocenters. The summed E-state index contributed by atoms with van der Waals surface area (Å²) in [6.45, 7) is 5.91. The molecule has 0 aliphatic carbocycles. The minimum atomic E-state index is -0.680. The first kappa shape index (κ1) is 27.5. The van der Waals surface area contributed by atoms with Crippen LogP contribution in [0.5, 0.6) is 11.5 Å². The van der Waals surface area contributed by atoms with Crippen LogP contribution in [0.15, 0.2) is 72.8 Å². The molecule has 200 valence electrons. The Balaban J connectivity index is 1.59. The van der Waals surface area contributed by atoms with E-state index in [-0.39, 0.29) is 24.8 Å². The molecule has 38 heavy (non-hydrogen) atoms. The zero-order chi connectivity index (χ0) is 26.9. The van der Waals surface area contributed by atoms with Crippen molar-refractivity contribution in [2.24, 2.45) is 5.92 Å². The van der Waals surface area contributed by atoms with Crippen molar-refractivity contribution >= 4 is 23.4 Å². The van der Waals surface area contributed by atoms with Crippen LogP contribution in [0.25, 0.3) is 0 Å². The van der Waals surface area contributed by atoms with Gasteiger partial charge in [0.25, 0.3) is 0 Å². The highest BCUT2D eigenvalue weighted by Gasteiger charge is 2.30. The maximum atomic E-state index is 13.8. The third kappa shape index (κ3) is 7.51. The lowest BCUT2D eigenvalue weighted by atomic mass is 10.0. The monoisotopic (exact) mass is 534 g/mol. The third-order valence-electron chi connectivity index (χ3n) is 6.49. The summed E-state index contributed by atoms with van der Waals surface area (Å²) in [5.41, 5.74) is 2.77. The van der Waals surface area contributed by atoms with E-state index in [4.69, 9.17) is 21.1 Å². The number of benzene rings is 3. The first-order valence-electron chi connectivity index (χ1n) is 13.1. The molecule has 7 heteroatoms. The molecule has 1 unspecified atom stereocenters. The molecule has 1 aliphatic rings. The predicted octanol–water partition coefficient (Wildman–Crippen LogP) is 5.46. The van der Waals surface area contributed by atoms with Crippen molar-refractivity contribution < 1.29 is 19.1 Å². The summed E-state index contributed by atoms with van der Waals surface area (Å²) in [5, 5.41) is 3.62. The van der Waals surface area contributed by atoms with Gasteiger partial charge in [0.1, 0.15) is 19.3 Å². The number of ether oxygens (including phenoxy) is 2. The van der Waals surface area contributed by atoms with Gasteiger partial charge < -0.3 is 19.7 Å². The molecular weight excluding hydrogens is 500 g/mol. The average molecular weight is 535 g/mol. The number of hydrogen-bond acceptors (Lipinski definition) is 4. The van der Waals surface area contributed by atoms with Crippen LogP contribution in [0, 0.1) is 5.92 Å². The molecule has 3 aromatic carbocycles. The van der Waals surface area contributed by atoms with Gasteiger partial charge in [0.15, 0.2) is 11.5 Å². The van der Waals surface area contributed by atoms with Crippen LogP contribution in [0.3, 0.4) is 0 Å². The van der Waals surface area contributed by atoms with E-state index in [9.17, 15) is 9.59 Å². The lowest BCUT2D eigenvalue weighted by Crippen LogP contribution is -2.51. The molecular formula is C31H35ClN2O4. The van der Waals surface area contributed by atoms with E-state index >= 15 is 0 Å². The smallest absolute Gasteiger partial charge is 0.243 e. The number of hydrogen-bond donors (Lipinski definition) is 1. The summed E-state index contributed by atoms with van der Waals surface area (Å²) in [6.07, 6.45) is 1.16. The fourth-order valence-corrected chi connectivity index (χ4v) is 4.62. The maximum absolute atomic E-state index is 13.8. The highest BCUT2D eigenvalue weighted by atomic mass is 35.5. The molecule has 3 aromatic rings. The second-order valence-corrected chi connectivity index (χ2v) is 10.3. The van der Waals surface area contributed by atoms with E-state index in [1.165, 1.54) is 0 Å². The van der Waals surface area contributed by atoms with Crippen LogP contribution in [0.1, 0.15) is 37.0 Å². The van der Waals surface area contributed by atoms with Crippen molar-refractivity contribution in [2.45, 2.75) is 45.7 Å². The molecule has 1 heterocycles. The first-order chi connectivity index (χ1) is 18.4. The van der Waals surface area contributed by atoms with Crippen molar-refractivity contribution in [3.63, 3.8) is 0 Å². The fourth-order valence-electron chi connectivity index (χ4n) is 4.42. The van der Waals surface area contributed by atoms with Crippen molar-refractivity contribution in [1.82, 2.24) is 10.2 Å². The summed E-state index contributed by atoms with van der Waals surface area (Å²) in [5.74, 6) is 1.43.